The van der Waals surface area contributed by atoms with Crippen LogP contribution in [0.4, 0.5) is 10.1 Å². The lowest BCUT2D eigenvalue weighted by molar-refractivity contribution is -0.131. The van der Waals surface area contributed by atoms with Crippen molar-refractivity contribution in [2.75, 3.05) is 5.32 Å². The molecule has 0 unspecified atom stereocenters. The average Bonchev–Trinajstić information content (AvgIpc) is 2.20. The van der Waals surface area contributed by atoms with Gasteiger partial charge in [0.25, 0.3) is 0 Å². The molecule has 0 aliphatic carbocycles. The van der Waals surface area contributed by atoms with Gasteiger partial charge in [0.15, 0.2) is 0 Å². The lowest BCUT2D eigenvalue weighted by atomic mass is 10.2. The summed E-state index contributed by atoms with van der Waals surface area (Å²) in [5.74, 6) is -1.70. The Morgan fingerprint density at radius 1 is 1.60 bits per heavy atom. The summed E-state index contributed by atoms with van der Waals surface area (Å²) in [7, 11) is 0. The van der Waals surface area contributed by atoms with Gasteiger partial charge in [-0.3, -0.25) is 0 Å². The third-order valence-corrected chi connectivity index (χ3v) is 1.56. The number of nitriles is 1. The number of rotatable bonds is 3. The highest BCUT2D eigenvalue weighted by Crippen LogP contribution is 2.13. The van der Waals surface area contributed by atoms with Crippen molar-refractivity contribution in [3.05, 3.63) is 41.9 Å². The number of halogens is 1. The fraction of sp³-hybridized carbons (Fsp3) is 0. The van der Waals surface area contributed by atoms with E-state index in [4.69, 9.17) is 10.4 Å². The highest BCUT2D eigenvalue weighted by molar-refractivity contribution is 5.80. The highest BCUT2D eigenvalue weighted by Gasteiger charge is 2.00. The van der Waals surface area contributed by atoms with E-state index >= 15 is 0 Å². The molecule has 2 N–H and O–H groups in total. The Labute approximate surface area is 85.3 Å². The fourth-order valence-electron chi connectivity index (χ4n) is 0.910. The van der Waals surface area contributed by atoms with E-state index in [2.05, 4.69) is 5.32 Å². The largest absolute Gasteiger partial charge is 0.478 e. The van der Waals surface area contributed by atoms with Crippen LogP contribution in [0, 0.1) is 17.1 Å². The molecule has 0 aliphatic heterocycles. The maximum atomic E-state index is 12.9. The van der Waals surface area contributed by atoms with Gasteiger partial charge in [-0.05, 0) is 18.2 Å². The van der Waals surface area contributed by atoms with E-state index in [1.54, 1.807) is 6.07 Å². The van der Waals surface area contributed by atoms with Crippen LogP contribution in [-0.4, -0.2) is 11.1 Å². The molecule has 0 aromatic heterocycles. The van der Waals surface area contributed by atoms with E-state index in [1.807, 2.05) is 0 Å². The van der Waals surface area contributed by atoms with Crippen LogP contribution in [0.15, 0.2) is 30.5 Å². The van der Waals surface area contributed by atoms with E-state index in [9.17, 15) is 9.18 Å². The molecule has 0 spiro atoms. The molecule has 0 radical (unpaired) electrons. The zero-order chi connectivity index (χ0) is 11.3. The summed E-state index contributed by atoms with van der Waals surface area (Å²) in [6.45, 7) is 0. The molecule has 5 heteroatoms. The molecule has 0 fully saturated rings. The second-order valence-corrected chi connectivity index (χ2v) is 2.62. The van der Waals surface area contributed by atoms with E-state index in [0.29, 0.717) is 5.69 Å². The SMILES string of the molecule is N#Cc1cc(N/C=C/C(=O)O)ccc1F. The van der Waals surface area contributed by atoms with Crippen molar-refractivity contribution < 1.29 is 14.3 Å². The molecule has 15 heavy (non-hydrogen) atoms. The van der Waals surface area contributed by atoms with Crippen LogP contribution >= 0.6 is 0 Å². The quantitative estimate of drug-likeness (QED) is 0.738. The average molecular weight is 206 g/mol. The molecule has 0 heterocycles. The van der Waals surface area contributed by atoms with Crippen molar-refractivity contribution in [2.45, 2.75) is 0 Å². The van der Waals surface area contributed by atoms with E-state index in [-0.39, 0.29) is 5.56 Å². The Balaban J connectivity index is 2.80. The number of hydrogen-bond acceptors (Lipinski definition) is 3. The number of hydrogen-bond donors (Lipinski definition) is 2. The van der Waals surface area contributed by atoms with Gasteiger partial charge in [-0.1, -0.05) is 0 Å². The van der Waals surface area contributed by atoms with Crippen molar-refractivity contribution in [3.8, 4) is 6.07 Å². The number of aliphatic carboxylic acids is 1. The lowest BCUT2D eigenvalue weighted by Crippen LogP contribution is -1.93. The molecule has 0 aliphatic rings. The van der Waals surface area contributed by atoms with Crippen molar-refractivity contribution in [2.24, 2.45) is 0 Å². The molecule has 76 valence electrons. The number of benzene rings is 1. The summed E-state index contributed by atoms with van der Waals surface area (Å²) in [5, 5.41) is 19.4. The molecule has 0 saturated heterocycles. The second-order valence-electron chi connectivity index (χ2n) is 2.62. The number of carboxylic acid groups (broad SMARTS) is 1. The van der Waals surface area contributed by atoms with Gasteiger partial charge in [0, 0.05) is 18.0 Å². The number of anilines is 1. The minimum Gasteiger partial charge on any atom is -0.478 e. The van der Waals surface area contributed by atoms with Crippen molar-refractivity contribution >= 4 is 11.7 Å². The van der Waals surface area contributed by atoms with E-state index in [0.717, 1.165) is 12.1 Å². The van der Waals surface area contributed by atoms with Gasteiger partial charge in [0.05, 0.1) is 5.56 Å². The Morgan fingerprint density at radius 3 is 2.93 bits per heavy atom. The Morgan fingerprint density at radius 2 is 2.33 bits per heavy atom. The molecular formula is C10H7FN2O2. The van der Waals surface area contributed by atoms with E-state index in [1.165, 1.54) is 18.3 Å². The maximum absolute atomic E-state index is 12.9. The Bertz CT molecular complexity index is 449. The van der Waals surface area contributed by atoms with Gasteiger partial charge in [-0.15, -0.1) is 0 Å². The molecular weight excluding hydrogens is 199 g/mol. The number of nitrogens with one attached hydrogen (secondary N) is 1. The lowest BCUT2D eigenvalue weighted by Gasteiger charge is -2.00. The summed E-state index contributed by atoms with van der Waals surface area (Å²) < 4.78 is 12.9. The first-order valence-corrected chi connectivity index (χ1v) is 3.99. The number of nitrogens with zero attached hydrogens (tertiary/aromatic N) is 1. The summed E-state index contributed by atoms with van der Waals surface area (Å²) in [4.78, 5) is 10.1. The zero-order valence-electron chi connectivity index (χ0n) is 7.57. The molecule has 0 saturated carbocycles. The summed E-state index contributed by atoms with van der Waals surface area (Å²) in [6, 6.07) is 5.51. The number of carboxylic acids is 1. The second kappa shape index (κ2) is 4.77. The molecule has 0 bridgehead atoms. The van der Waals surface area contributed by atoms with Gasteiger partial charge in [0.1, 0.15) is 11.9 Å². The van der Waals surface area contributed by atoms with Crippen LogP contribution in [-0.2, 0) is 4.79 Å². The molecule has 1 rings (SSSR count). The van der Waals surface area contributed by atoms with Crippen molar-refractivity contribution in [1.29, 1.82) is 5.26 Å². The molecule has 0 amide bonds. The van der Waals surface area contributed by atoms with Crippen LogP contribution in [0.3, 0.4) is 0 Å². The summed E-state index contributed by atoms with van der Waals surface area (Å²) in [6.07, 6.45) is 2.09. The molecule has 1 aromatic carbocycles. The van der Waals surface area contributed by atoms with Crippen molar-refractivity contribution in [1.82, 2.24) is 0 Å². The first-order valence-electron chi connectivity index (χ1n) is 3.99. The first-order chi connectivity index (χ1) is 7.13. The summed E-state index contributed by atoms with van der Waals surface area (Å²) >= 11 is 0. The van der Waals surface area contributed by atoms with Gasteiger partial charge in [0.2, 0.25) is 0 Å². The normalized spacial score (nSPS) is 9.87. The topological polar surface area (TPSA) is 73.1 Å². The van der Waals surface area contributed by atoms with Crippen molar-refractivity contribution in [3.63, 3.8) is 0 Å². The predicted molar refractivity (Wildman–Crippen MR) is 51.5 cm³/mol. The van der Waals surface area contributed by atoms with Gasteiger partial charge in [-0.25, -0.2) is 9.18 Å². The fourth-order valence-corrected chi connectivity index (χ4v) is 0.910. The molecule has 1 aromatic rings. The van der Waals surface area contributed by atoms with Gasteiger partial charge < -0.3 is 10.4 Å². The van der Waals surface area contributed by atoms with Crippen LogP contribution in [0.5, 0.6) is 0 Å². The Kier molecular flexibility index (Phi) is 3.41. The first kappa shape index (κ1) is 10.7. The molecule has 0 atom stereocenters. The van der Waals surface area contributed by atoms with Crippen LogP contribution < -0.4 is 5.32 Å². The van der Waals surface area contributed by atoms with Crippen LogP contribution in [0.25, 0.3) is 0 Å². The minimum absolute atomic E-state index is 0.0938. The van der Waals surface area contributed by atoms with Crippen LogP contribution in [0.1, 0.15) is 5.56 Å². The Hall–Kier alpha value is -2.35. The zero-order valence-corrected chi connectivity index (χ0v) is 7.57. The minimum atomic E-state index is -1.09. The highest BCUT2D eigenvalue weighted by atomic mass is 19.1. The monoisotopic (exact) mass is 206 g/mol. The maximum Gasteiger partial charge on any atom is 0.329 e. The third-order valence-electron chi connectivity index (χ3n) is 1.56. The summed E-state index contributed by atoms with van der Waals surface area (Å²) in [5.41, 5.74) is 0.356. The van der Waals surface area contributed by atoms with Crippen LogP contribution in [0.2, 0.25) is 0 Å². The van der Waals surface area contributed by atoms with E-state index < -0.39 is 11.8 Å². The smallest absolute Gasteiger partial charge is 0.329 e. The predicted octanol–water partition coefficient (Wildman–Crippen LogP) is 1.71. The third kappa shape index (κ3) is 3.12. The van der Waals surface area contributed by atoms with Gasteiger partial charge in [-0.2, -0.15) is 5.26 Å². The number of carbonyl (C=O) groups is 1. The standard InChI is InChI=1S/C10H7FN2O2/c11-9-2-1-8(5-7(9)6-12)13-4-3-10(14)15/h1-5,13H,(H,14,15)/b4-3+. The molecule has 4 nitrogen and oxygen atoms in total. The van der Waals surface area contributed by atoms with Gasteiger partial charge >= 0.3 is 5.97 Å².